The lowest BCUT2D eigenvalue weighted by atomic mass is 10.1. The molecule has 1 heterocycles. The standard InChI is InChI=1S/C21H20N4O4/c1-13(26)14-4-6-15(7-5-14)23-20(27)17-10-11-22-21(24-17)25-18-12-16(28-2)8-9-19(18)29-3/h4-12H,1-3H3,(H,23,27)(H,22,24,25). The van der Waals surface area contributed by atoms with Crippen molar-refractivity contribution < 1.29 is 19.1 Å². The van der Waals surface area contributed by atoms with Crippen molar-refractivity contribution in [3.63, 3.8) is 0 Å². The summed E-state index contributed by atoms with van der Waals surface area (Å²) in [5.74, 6) is 1.01. The van der Waals surface area contributed by atoms with Gasteiger partial charge < -0.3 is 20.1 Å². The molecule has 0 aliphatic rings. The zero-order chi connectivity index (χ0) is 20.8. The number of methoxy groups -OCH3 is 2. The van der Waals surface area contributed by atoms with Crippen molar-refractivity contribution in [1.82, 2.24) is 9.97 Å². The maximum atomic E-state index is 12.5. The summed E-state index contributed by atoms with van der Waals surface area (Å²) < 4.78 is 10.5. The van der Waals surface area contributed by atoms with Gasteiger partial charge in [-0.05, 0) is 49.4 Å². The van der Waals surface area contributed by atoms with Gasteiger partial charge in [-0.25, -0.2) is 9.97 Å². The molecule has 3 rings (SSSR count). The molecule has 0 atom stereocenters. The first-order valence-corrected chi connectivity index (χ1v) is 8.74. The molecule has 1 amide bonds. The number of ketones is 1. The predicted octanol–water partition coefficient (Wildman–Crippen LogP) is 3.69. The van der Waals surface area contributed by atoms with E-state index < -0.39 is 5.91 Å². The fourth-order valence-corrected chi connectivity index (χ4v) is 2.56. The smallest absolute Gasteiger partial charge is 0.274 e. The van der Waals surface area contributed by atoms with Gasteiger partial charge in [0.25, 0.3) is 5.91 Å². The minimum Gasteiger partial charge on any atom is -0.497 e. The van der Waals surface area contributed by atoms with Crippen molar-refractivity contribution >= 4 is 29.0 Å². The van der Waals surface area contributed by atoms with Crippen LogP contribution >= 0.6 is 0 Å². The van der Waals surface area contributed by atoms with Crippen LogP contribution in [-0.4, -0.2) is 35.9 Å². The molecule has 29 heavy (non-hydrogen) atoms. The second-order valence-corrected chi connectivity index (χ2v) is 6.04. The summed E-state index contributed by atoms with van der Waals surface area (Å²) in [7, 11) is 3.12. The third kappa shape index (κ3) is 4.86. The van der Waals surface area contributed by atoms with Crippen molar-refractivity contribution in [3.8, 4) is 11.5 Å². The second-order valence-electron chi connectivity index (χ2n) is 6.04. The predicted molar refractivity (Wildman–Crippen MR) is 109 cm³/mol. The van der Waals surface area contributed by atoms with Crippen molar-refractivity contribution in [3.05, 3.63) is 66.0 Å². The number of hydrogen-bond acceptors (Lipinski definition) is 7. The van der Waals surface area contributed by atoms with Gasteiger partial charge in [0.2, 0.25) is 5.95 Å². The van der Waals surface area contributed by atoms with Crippen LogP contribution in [0.25, 0.3) is 0 Å². The Morgan fingerprint density at radius 2 is 1.72 bits per heavy atom. The number of rotatable bonds is 7. The average Bonchev–Trinajstić information content (AvgIpc) is 2.74. The Bertz CT molecular complexity index is 1040. The number of carbonyl (C=O) groups is 2. The largest absolute Gasteiger partial charge is 0.497 e. The molecule has 1 aromatic heterocycles. The van der Waals surface area contributed by atoms with Crippen LogP contribution in [0.5, 0.6) is 11.5 Å². The topological polar surface area (TPSA) is 102 Å². The highest BCUT2D eigenvalue weighted by Gasteiger charge is 2.12. The zero-order valence-electron chi connectivity index (χ0n) is 16.2. The lowest BCUT2D eigenvalue weighted by Crippen LogP contribution is -2.15. The van der Waals surface area contributed by atoms with Crippen LogP contribution in [0.3, 0.4) is 0 Å². The molecular formula is C21H20N4O4. The van der Waals surface area contributed by atoms with Crippen molar-refractivity contribution in [2.75, 3.05) is 24.9 Å². The number of nitrogens with zero attached hydrogens (tertiary/aromatic N) is 2. The van der Waals surface area contributed by atoms with Crippen LogP contribution in [0.4, 0.5) is 17.3 Å². The van der Waals surface area contributed by atoms with E-state index in [4.69, 9.17) is 9.47 Å². The maximum Gasteiger partial charge on any atom is 0.274 e. The van der Waals surface area contributed by atoms with Gasteiger partial charge in [-0.1, -0.05) is 0 Å². The van der Waals surface area contributed by atoms with E-state index >= 15 is 0 Å². The fourth-order valence-electron chi connectivity index (χ4n) is 2.56. The number of ether oxygens (including phenoxy) is 2. The summed E-state index contributed by atoms with van der Waals surface area (Å²) in [4.78, 5) is 32.3. The Balaban J connectivity index is 1.77. The Morgan fingerprint density at radius 1 is 0.966 bits per heavy atom. The second kappa shape index (κ2) is 8.83. The molecule has 0 aliphatic heterocycles. The molecule has 0 fully saturated rings. The highest BCUT2D eigenvalue weighted by atomic mass is 16.5. The molecular weight excluding hydrogens is 372 g/mol. The minimum atomic E-state index is -0.399. The van der Waals surface area contributed by atoms with Crippen molar-refractivity contribution in [2.45, 2.75) is 6.92 Å². The molecule has 148 valence electrons. The molecule has 0 bridgehead atoms. The van der Waals surface area contributed by atoms with Gasteiger partial charge in [0.05, 0.1) is 19.9 Å². The molecule has 2 N–H and O–H groups in total. The Labute approximate surface area is 167 Å². The summed E-state index contributed by atoms with van der Waals surface area (Å²) in [6.07, 6.45) is 1.48. The molecule has 3 aromatic rings. The number of amides is 1. The van der Waals surface area contributed by atoms with Crippen molar-refractivity contribution in [2.24, 2.45) is 0 Å². The van der Waals surface area contributed by atoms with E-state index in [1.807, 2.05) is 0 Å². The highest BCUT2D eigenvalue weighted by Crippen LogP contribution is 2.30. The Hall–Kier alpha value is -3.94. The van der Waals surface area contributed by atoms with Gasteiger partial charge in [-0.2, -0.15) is 0 Å². The molecule has 8 nitrogen and oxygen atoms in total. The molecule has 0 unspecified atom stereocenters. The number of aromatic nitrogens is 2. The van der Waals surface area contributed by atoms with Crippen molar-refractivity contribution in [1.29, 1.82) is 0 Å². The fraction of sp³-hybridized carbons (Fsp3) is 0.143. The highest BCUT2D eigenvalue weighted by molar-refractivity contribution is 6.03. The van der Waals surface area contributed by atoms with Crippen LogP contribution in [-0.2, 0) is 0 Å². The summed E-state index contributed by atoms with van der Waals surface area (Å²) in [5.41, 5.74) is 1.91. The minimum absolute atomic E-state index is 0.0395. The van der Waals surface area contributed by atoms with Crippen LogP contribution in [0.1, 0.15) is 27.8 Å². The summed E-state index contributed by atoms with van der Waals surface area (Å²) in [6.45, 7) is 1.49. The lowest BCUT2D eigenvalue weighted by Gasteiger charge is -2.12. The van der Waals surface area contributed by atoms with Gasteiger partial charge in [-0.15, -0.1) is 0 Å². The molecule has 0 saturated carbocycles. The molecule has 0 spiro atoms. The third-order valence-electron chi connectivity index (χ3n) is 4.09. The van der Waals surface area contributed by atoms with Gasteiger partial charge >= 0.3 is 0 Å². The van der Waals surface area contributed by atoms with E-state index in [9.17, 15) is 9.59 Å². The summed E-state index contributed by atoms with van der Waals surface area (Å²) in [5, 5.41) is 5.78. The van der Waals surface area contributed by atoms with Gasteiger partial charge in [0.1, 0.15) is 17.2 Å². The summed E-state index contributed by atoms with van der Waals surface area (Å²) in [6, 6.07) is 13.4. The number of benzene rings is 2. The van der Waals surface area contributed by atoms with Crippen LogP contribution in [0.2, 0.25) is 0 Å². The quantitative estimate of drug-likeness (QED) is 0.591. The number of Topliss-reactive ketones (excluding diaryl/α,β-unsaturated/α-hetero) is 1. The van der Waals surface area contributed by atoms with Crippen LogP contribution in [0.15, 0.2) is 54.7 Å². The lowest BCUT2D eigenvalue weighted by molar-refractivity contribution is 0.101. The molecule has 0 aliphatic carbocycles. The van der Waals surface area contributed by atoms with Crippen LogP contribution in [0, 0.1) is 0 Å². The van der Waals surface area contributed by atoms with E-state index in [1.54, 1.807) is 56.7 Å². The summed E-state index contributed by atoms with van der Waals surface area (Å²) >= 11 is 0. The Kier molecular flexibility index (Phi) is 6.03. The van der Waals surface area contributed by atoms with E-state index in [0.29, 0.717) is 28.4 Å². The van der Waals surface area contributed by atoms with E-state index in [0.717, 1.165) is 0 Å². The number of hydrogen-bond donors (Lipinski definition) is 2. The first-order valence-electron chi connectivity index (χ1n) is 8.74. The number of carbonyl (C=O) groups excluding carboxylic acids is 2. The zero-order valence-corrected chi connectivity index (χ0v) is 16.2. The van der Waals surface area contributed by atoms with E-state index in [-0.39, 0.29) is 17.4 Å². The number of nitrogens with one attached hydrogen (secondary N) is 2. The van der Waals surface area contributed by atoms with E-state index in [1.165, 1.54) is 19.2 Å². The number of anilines is 3. The van der Waals surface area contributed by atoms with Gasteiger partial charge in [0.15, 0.2) is 5.78 Å². The molecule has 8 heteroatoms. The van der Waals surface area contributed by atoms with E-state index in [2.05, 4.69) is 20.6 Å². The molecule has 0 saturated heterocycles. The first-order chi connectivity index (χ1) is 14.0. The average molecular weight is 392 g/mol. The Morgan fingerprint density at radius 3 is 2.38 bits per heavy atom. The monoisotopic (exact) mass is 392 g/mol. The maximum absolute atomic E-state index is 12.5. The molecule has 2 aromatic carbocycles. The van der Waals surface area contributed by atoms with Crippen LogP contribution < -0.4 is 20.1 Å². The first kappa shape index (κ1) is 19.8. The molecule has 0 radical (unpaired) electrons. The van der Waals surface area contributed by atoms with Gasteiger partial charge in [-0.3, -0.25) is 9.59 Å². The third-order valence-corrected chi connectivity index (χ3v) is 4.09. The van der Waals surface area contributed by atoms with Gasteiger partial charge in [0, 0.05) is 23.5 Å². The normalized spacial score (nSPS) is 10.2. The SMILES string of the molecule is COc1ccc(OC)c(Nc2nccc(C(=O)Nc3ccc(C(C)=O)cc3)n2)c1.